The Balaban J connectivity index is 1.80. The standard InChI is InChI=1S/C19H19N3OS/c1-13-17(9-10-18(20-13)15-7-5-4-6-8-15)19(23)22(3)11-16-12-24-14(2)21-16/h4-10,12H,11H2,1-3H3. The zero-order valence-corrected chi connectivity index (χ0v) is 14.8. The van der Waals surface area contributed by atoms with Crippen molar-refractivity contribution in [3.05, 3.63) is 69.8 Å². The summed E-state index contributed by atoms with van der Waals surface area (Å²) in [7, 11) is 1.79. The van der Waals surface area contributed by atoms with E-state index < -0.39 is 0 Å². The summed E-state index contributed by atoms with van der Waals surface area (Å²) in [5, 5.41) is 3.00. The first-order chi connectivity index (χ1) is 11.5. The number of pyridine rings is 1. The summed E-state index contributed by atoms with van der Waals surface area (Å²) >= 11 is 1.60. The zero-order valence-electron chi connectivity index (χ0n) is 14.0. The van der Waals surface area contributed by atoms with E-state index in [1.807, 2.05) is 61.7 Å². The van der Waals surface area contributed by atoms with E-state index in [9.17, 15) is 4.79 Å². The van der Waals surface area contributed by atoms with Gasteiger partial charge in [0.1, 0.15) is 0 Å². The Bertz CT molecular complexity index is 858. The number of rotatable bonds is 4. The predicted molar refractivity (Wildman–Crippen MR) is 97.1 cm³/mol. The van der Waals surface area contributed by atoms with E-state index in [1.54, 1.807) is 23.3 Å². The van der Waals surface area contributed by atoms with Crippen LogP contribution in [0.5, 0.6) is 0 Å². The van der Waals surface area contributed by atoms with Crippen molar-refractivity contribution in [2.45, 2.75) is 20.4 Å². The van der Waals surface area contributed by atoms with Crippen LogP contribution in [-0.2, 0) is 6.54 Å². The number of carbonyl (C=O) groups is 1. The highest BCUT2D eigenvalue weighted by molar-refractivity contribution is 7.09. The van der Waals surface area contributed by atoms with Gasteiger partial charge in [0.15, 0.2) is 0 Å². The minimum absolute atomic E-state index is 0.0368. The number of nitrogens with zero attached hydrogens (tertiary/aromatic N) is 3. The Kier molecular flexibility index (Phi) is 4.71. The number of amides is 1. The number of aromatic nitrogens is 2. The summed E-state index contributed by atoms with van der Waals surface area (Å²) in [6.07, 6.45) is 0. The van der Waals surface area contributed by atoms with E-state index in [4.69, 9.17) is 0 Å². The van der Waals surface area contributed by atoms with Crippen LogP contribution in [0.3, 0.4) is 0 Å². The molecule has 1 amide bonds. The minimum Gasteiger partial charge on any atom is -0.336 e. The summed E-state index contributed by atoms with van der Waals surface area (Å²) in [6.45, 7) is 4.34. The maximum atomic E-state index is 12.7. The van der Waals surface area contributed by atoms with Gasteiger partial charge < -0.3 is 4.90 Å². The molecule has 4 nitrogen and oxygen atoms in total. The Morgan fingerprint density at radius 1 is 1.08 bits per heavy atom. The molecule has 3 aromatic rings. The minimum atomic E-state index is -0.0368. The molecule has 0 unspecified atom stereocenters. The molecule has 0 atom stereocenters. The van der Waals surface area contributed by atoms with Crippen LogP contribution in [0.15, 0.2) is 47.8 Å². The van der Waals surface area contributed by atoms with Gasteiger partial charge in [0.05, 0.1) is 34.2 Å². The van der Waals surface area contributed by atoms with Gasteiger partial charge in [-0.2, -0.15) is 0 Å². The molecular weight excluding hydrogens is 318 g/mol. The van der Waals surface area contributed by atoms with Crippen LogP contribution in [0.1, 0.15) is 26.8 Å². The number of hydrogen-bond acceptors (Lipinski definition) is 4. The Morgan fingerprint density at radius 2 is 1.83 bits per heavy atom. The van der Waals surface area contributed by atoms with Crippen molar-refractivity contribution >= 4 is 17.2 Å². The Labute approximate surface area is 145 Å². The van der Waals surface area contributed by atoms with Crippen LogP contribution in [-0.4, -0.2) is 27.8 Å². The van der Waals surface area contributed by atoms with Crippen molar-refractivity contribution in [3.63, 3.8) is 0 Å². The first kappa shape index (κ1) is 16.3. The van der Waals surface area contributed by atoms with Crippen LogP contribution in [0.2, 0.25) is 0 Å². The second-order valence-corrected chi connectivity index (χ2v) is 6.78. The van der Waals surface area contributed by atoms with Crippen LogP contribution in [0, 0.1) is 13.8 Å². The first-order valence-corrected chi connectivity index (χ1v) is 8.62. The lowest BCUT2D eigenvalue weighted by molar-refractivity contribution is 0.0782. The monoisotopic (exact) mass is 337 g/mol. The van der Waals surface area contributed by atoms with Gasteiger partial charge in [-0.15, -0.1) is 11.3 Å². The summed E-state index contributed by atoms with van der Waals surface area (Å²) in [5.74, 6) is -0.0368. The summed E-state index contributed by atoms with van der Waals surface area (Å²) in [6, 6.07) is 13.7. The molecule has 0 N–H and O–H groups in total. The molecule has 0 radical (unpaired) electrons. The highest BCUT2D eigenvalue weighted by Crippen LogP contribution is 2.20. The Hall–Kier alpha value is -2.53. The number of thiazole rings is 1. The number of carbonyl (C=O) groups excluding carboxylic acids is 1. The molecule has 1 aromatic carbocycles. The third-order valence-electron chi connectivity index (χ3n) is 3.80. The van der Waals surface area contributed by atoms with E-state index in [0.717, 1.165) is 27.7 Å². The van der Waals surface area contributed by atoms with Crippen LogP contribution >= 0.6 is 11.3 Å². The Morgan fingerprint density at radius 3 is 2.46 bits per heavy atom. The maximum Gasteiger partial charge on any atom is 0.255 e. The normalized spacial score (nSPS) is 10.6. The van der Waals surface area contributed by atoms with Gasteiger partial charge >= 0.3 is 0 Å². The zero-order chi connectivity index (χ0) is 17.1. The molecule has 0 saturated heterocycles. The maximum absolute atomic E-state index is 12.7. The molecule has 0 aliphatic rings. The molecule has 24 heavy (non-hydrogen) atoms. The molecule has 0 saturated carbocycles. The number of benzene rings is 1. The fourth-order valence-electron chi connectivity index (χ4n) is 2.56. The van der Waals surface area contributed by atoms with E-state index in [1.165, 1.54) is 0 Å². The SMILES string of the molecule is Cc1nc(CN(C)C(=O)c2ccc(-c3ccccc3)nc2C)cs1. The van der Waals surface area contributed by atoms with Gasteiger partial charge in [-0.3, -0.25) is 9.78 Å². The van der Waals surface area contributed by atoms with Crippen LogP contribution in [0.25, 0.3) is 11.3 Å². The molecule has 5 heteroatoms. The van der Waals surface area contributed by atoms with Crippen molar-refractivity contribution in [1.82, 2.24) is 14.9 Å². The third kappa shape index (κ3) is 3.51. The molecule has 0 aliphatic heterocycles. The highest BCUT2D eigenvalue weighted by Gasteiger charge is 2.16. The lowest BCUT2D eigenvalue weighted by Crippen LogP contribution is -2.27. The van der Waals surface area contributed by atoms with Crippen molar-refractivity contribution < 1.29 is 4.79 Å². The lowest BCUT2D eigenvalue weighted by Gasteiger charge is -2.17. The van der Waals surface area contributed by atoms with Crippen LogP contribution < -0.4 is 0 Å². The molecule has 0 bridgehead atoms. The molecular formula is C19H19N3OS. The van der Waals surface area contributed by atoms with Gasteiger partial charge in [-0.05, 0) is 26.0 Å². The number of hydrogen-bond donors (Lipinski definition) is 0. The van der Waals surface area contributed by atoms with E-state index >= 15 is 0 Å². The second kappa shape index (κ2) is 6.93. The van der Waals surface area contributed by atoms with E-state index in [-0.39, 0.29) is 5.91 Å². The first-order valence-electron chi connectivity index (χ1n) is 7.74. The lowest BCUT2D eigenvalue weighted by atomic mass is 10.1. The van der Waals surface area contributed by atoms with Crippen molar-refractivity contribution in [2.75, 3.05) is 7.05 Å². The molecule has 0 aliphatic carbocycles. The molecule has 0 spiro atoms. The quantitative estimate of drug-likeness (QED) is 0.720. The van der Waals surface area contributed by atoms with Gasteiger partial charge in [-0.25, -0.2) is 4.98 Å². The molecule has 2 heterocycles. The van der Waals surface area contributed by atoms with Crippen molar-refractivity contribution in [3.8, 4) is 11.3 Å². The van der Waals surface area contributed by atoms with Crippen molar-refractivity contribution in [1.29, 1.82) is 0 Å². The van der Waals surface area contributed by atoms with Gasteiger partial charge in [0.2, 0.25) is 0 Å². The van der Waals surface area contributed by atoms with Crippen molar-refractivity contribution in [2.24, 2.45) is 0 Å². The summed E-state index contributed by atoms with van der Waals surface area (Å²) < 4.78 is 0. The topological polar surface area (TPSA) is 46.1 Å². The molecule has 2 aromatic heterocycles. The average Bonchev–Trinajstić information content (AvgIpc) is 3.00. The molecule has 0 fully saturated rings. The average molecular weight is 337 g/mol. The van der Waals surface area contributed by atoms with Crippen LogP contribution in [0.4, 0.5) is 0 Å². The van der Waals surface area contributed by atoms with E-state index in [0.29, 0.717) is 12.1 Å². The largest absolute Gasteiger partial charge is 0.336 e. The molecule has 122 valence electrons. The fourth-order valence-corrected chi connectivity index (χ4v) is 3.16. The predicted octanol–water partition coefficient (Wildman–Crippen LogP) is 4.09. The third-order valence-corrected chi connectivity index (χ3v) is 4.62. The van der Waals surface area contributed by atoms with E-state index in [2.05, 4.69) is 9.97 Å². The smallest absolute Gasteiger partial charge is 0.255 e. The second-order valence-electron chi connectivity index (χ2n) is 5.71. The van der Waals surface area contributed by atoms with Gasteiger partial charge in [-0.1, -0.05) is 30.3 Å². The highest BCUT2D eigenvalue weighted by atomic mass is 32.1. The summed E-state index contributed by atoms with van der Waals surface area (Å²) in [4.78, 5) is 23.4. The summed E-state index contributed by atoms with van der Waals surface area (Å²) in [5.41, 5.74) is 4.21. The molecule has 3 rings (SSSR count). The fraction of sp³-hybridized carbons (Fsp3) is 0.211. The van der Waals surface area contributed by atoms with Gasteiger partial charge in [0.25, 0.3) is 5.91 Å². The number of aryl methyl sites for hydroxylation is 2. The van der Waals surface area contributed by atoms with Gasteiger partial charge in [0, 0.05) is 18.0 Å².